The van der Waals surface area contributed by atoms with E-state index < -0.39 is 0 Å². The van der Waals surface area contributed by atoms with Crippen LogP contribution in [0.5, 0.6) is 0 Å². The second kappa shape index (κ2) is 6.90. The fourth-order valence-electron chi connectivity index (χ4n) is 2.12. The number of carbonyl (C=O) groups excluding carboxylic acids is 1. The Morgan fingerprint density at radius 2 is 2.00 bits per heavy atom. The van der Waals surface area contributed by atoms with E-state index >= 15 is 0 Å². The molecular formula is C14H26N2O2. The molecule has 4 heteroatoms. The molecule has 1 N–H and O–H groups in total. The largest absolute Gasteiger partial charge is 0.379 e. The molecule has 104 valence electrons. The molecule has 0 spiro atoms. The van der Waals surface area contributed by atoms with Gasteiger partial charge in [-0.25, -0.2) is 0 Å². The minimum Gasteiger partial charge on any atom is -0.379 e. The summed E-state index contributed by atoms with van der Waals surface area (Å²) in [7, 11) is 0. The molecule has 1 aliphatic heterocycles. The van der Waals surface area contributed by atoms with E-state index in [0.717, 1.165) is 38.3 Å². The van der Waals surface area contributed by atoms with Crippen LogP contribution in [0, 0.1) is 0 Å². The average Bonchev–Trinajstić information content (AvgIpc) is 2.37. The monoisotopic (exact) mass is 254 g/mol. The van der Waals surface area contributed by atoms with E-state index in [1.165, 1.54) is 0 Å². The third-order valence-electron chi connectivity index (χ3n) is 3.42. The number of amides is 1. The standard InChI is InChI=1S/C14H26N2O2/c1-5-6-12(2)13(17)15-11-14(3,4)16-7-9-18-10-8-16/h6H,5,7-11H2,1-4H3,(H,15,17). The van der Waals surface area contributed by atoms with Crippen molar-refractivity contribution in [2.75, 3.05) is 32.8 Å². The van der Waals surface area contributed by atoms with Gasteiger partial charge in [0.25, 0.3) is 0 Å². The van der Waals surface area contributed by atoms with Gasteiger partial charge in [-0.3, -0.25) is 9.69 Å². The van der Waals surface area contributed by atoms with Crippen molar-refractivity contribution in [2.24, 2.45) is 0 Å². The topological polar surface area (TPSA) is 41.6 Å². The fraction of sp³-hybridized carbons (Fsp3) is 0.786. The smallest absolute Gasteiger partial charge is 0.246 e. The maximum absolute atomic E-state index is 11.8. The van der Waals surface area contributed by atoms with E-state index in [1.807, 2.05) is 19.9 Å². The number of rotatable bonds is 5. The summed E-state index contributed by atoms with van der Waals surface area (Å²) in [6.07, 6.45) is 2.85. The Morgan fingerprint density at radius 3 is 2.56 bits per heavy atom. The SMILES string of the molecule is CCC=C(C)C(=O)NCC(C)(C)N1CCOCC1. The van der Waals surface area contributed by atoms with Crippen LogP contribution in [0.3, 0.4) is 0 Å². The lowest BCUT2D eigenvalue weighted by molar-refractivity contribution is -0.118. The van der Waals surface area contributed by atoms with Crippen LogP contribution in [0.2, 0.25) is 0 Å². The van der Waals surface area contributed by atoms with Gasteiger partial charge in [-0.15, -0.1) is 0 Å². The maximum atomic E-state index is 11.8. The lowest BCUT2D eigenvalue weighted by Crippen LogP contribution is -2.55. The average molecular weight is 254 g/mol. The predicted octanol–water partition coefficient (Wildman–Crippen LogP) is 1.57. The van der Waals surface area contributed by atoms with Gasteiger partial charge in [0.2, 0.25) is 5.91 Å². The lowest BCUT2D eigenvalue weighted by Gasteiger charge is -2.40. The van der Waals surface area contributed by atoms with Crippen molar-refractivity contribution in [1.29, 1.82) is 0 Å². The number of carbonyl (C=O) groups is 1. The molecule has 1 amide bonds. The highest BCUT2D eigenvalue weighted by molar-refractivity contribution is 5.92. The fourth-order valence-corrected chi connectivity index (χ4v) is 2.12. The zero-order valence-corrected chi connectivity index (χ0v) is 12.1. The van der Waals surface area contributed by atoms with Crippen LogP contribution in [0.4, 0.5) is 0 Å². The first-order chi connectivity index (χ1) is 8.47. The van der Waals surface area contributed by atoms with Crippen molar-refractivity contribution in [3.8, 4) is 0 Å². The molecule has 0 unspecified atom stereocenters. The van der Waals surface area contributed by atoms with Gasteiger partial charge in [0.05, 0.1) is 13.2 Å². The summed E-state index contributed by atoms with van der Waals surface area (Å²) in [6.45, 7) is 12.3. The first-order valence-electron chi connectivity index (χ1n) is 6.75. The van der Waals surface area contributed by atoms with Gasteiger partial charge in [0, 0.05) is 30.7 Å². The van der Waals surface area contributed by atoms with Crippen LogP contribution < -0.4 is 5.32 Å². The Labute approximate surface area is 110 Å². The van der Waals surface area contributed by atoms with Crippen LogP contribution in [-0.2, 0) is 9.53 Å². The van der Waals surface area contributed by atoms with Crippen molar-refractivity contribution in [3.63, 3.8) is 0 Å². The Kier molecular flexibility index (Phi) is 5.82. The van der Waals surface area contributed by atoms with Crippen molar-refractivity contribution in [1.82, 2.24) is 10.2 Å². The van der Waals surface area contributed by atoms with E-state index in [2.05, 4.69) is 24.1 Å². The van der Waals surface area contributed by atoms with Crippen molar-refractivity contribution in [2.45, 2.75) is 39.7 Å². The minimum atomic E-state index is -0.0219. The minimum absolute atomic E-state index is 0.0219. The third kappa shape index (κ3) is 4.42. The normalized spacial score (nSPS) is 18.8. The molecular weight excluding hydrogens is 228 g/mol. The quantitative estimate of drug-likeness (QED) is 0.757. The highest BCUT2D eigenvalue weighted by Gasteiger charge is 2.28. The second-order valence-electron chi connectivity index (χ2n) is 5.39. The van der Waals surface area contributed by atoms with E-state index in [1.54, 1.807) is 0 Å². The number of allylic oxidation sites excluding steroid dienone is 1. The molecule has 0 saturated carbocycles. The molecule has 1 fully saturated rings. The molecule has 0 atom stereocenters. The van der Waals surface area contributed by atoms with Gasteiger partial charge >= 0.3 is 0 Å². The van der Waals surface area contributed by atoms with Crippen molar-refractivity contribution >= 4 is 5.91 Å². The molecule has 4 nitrogen and oxygen atoms in total. The zero-order chi connectivity index (χ0) is 13.6. The van der Waals surface area contributed by atoms with Crippen LogP contribution in [-0.4, -0.2) is 49.2 Å². The van der Waals surface area contributed by atoms with E-state index in [4.69, 9.17) is 4.74 Å². The number of nitrogens with one attached hydrogen (secondary N) is 1. The van der Waals surface area contributed by atoms with Crippen LogP contribution in [0.1, 0.15) is 34.1 Å². The van der Waals surface area contributed by atoms with E-state index in [-0.39, 0.29) is 11.4 Å². The number of ether oxygens (including phenoxy) is 1. The van der Waals surface area contributed by atoms with Gasteiger partial charge in [-0.1, -0.05) is 13.0 Å². The summed E-state index contributed by atoms with van der Waals surface area (Å²) in [6, 6.07) is 0. The van der Waals surface area contributed by atoms with Crippen LogP contribution in [0.25, 0.3) is 0 Å². The molecule has 1 saturated heterocycles. The summed E-state index contributed by atoms with van der Waals surface area (Å²) in [5.41, 5.74) is 0.779. The van der Waals surface area contributed by atoms with Gasteiger partial charge < -0.3 is 10.1 Å². The molecule has 1 heterocycles. The van der Waals surface area contributed by atoms with E-state index in [9.17, 15) is 4.79 Å². The Balaban J connectivity index is 2.45. The number of nitrogens with zero attached hydrogens (tertiary/aromatic N) is 1. The number of morpholine rings is 1. The molecule has 0 bridgehead atoms. The number of hydrogen-bond donors (Lipinski definition) is 1. The van der Waals surface area contributed by atoms with Crippen LogP contribution in [0.15, 0.2) is 11.6 Å². The first-order valence-corrected chi connectivity index (χ1v) is 6.75. The molecule has 0 aliphatic carbocycles. The Morgan fingerprint density at radius 1 is 1.39 bits per heavy atom. The summed E-state index contributed by atoms with van der Waals surface area (Å²) in [5, 5.41) is 3.02. The Bertz CT molecular complexity index is 305. The molecule has 0 aromatic rings. The van der Waals surface area contributed by atoms with Crippen molar-refractivity contribution < 1.29 is 9.53 Å². The summed E-state index contributed by atoms with van der Waals surface area (Å²) in [4.78, 5) is 14.2. The highest BCUT2D eigenvalue weighted by atomic mass is 16.5. The van der Waals surface area contributed by atoms with Gasteiger partial charge in [0.1, 0.15) is 0 Å². The molecule has 0 aromatic carbocycles. The predicted molar refractivity (Wildman–Crippen MR) is 73.5 cm³/mol. The Hall–Kier alpha value is -0.870. The maximum Gasteiger partial charge on any atom is 0.246 e. The summed E-state index contributed by atoms with van der Waals surface area (Å²) in [5.74, 6) is 0.0400. The first kappa shape index (κ1) is 15.2. The van der Waals surface area contributed by atoms with E-state index in [0.29, 0.717) is 6.54 Å². The zero-order valence-electron chi connectivity index (χ0n) is 12.1. The van der Waals surface area contributed by atoms with Gasteiger partial charge in [-0.05, 0) is 27.2 Å². The third-order valence-corrected chi connectivity index (χ3v) is 3.42. The van der Waals surface area contributed by atoms with Gasteiger partial charge in [-0.2, -0.15) is 0 Å². The molecule has 18 heavy (non-hydrogen) atoms. The molecule has 1 rings (SSSR count). The number of hydrogen-bond acceptors (Lipinski definition) is 3. The molecule has 1 aliphatic rings. The molecule has 0 radical (unpaired) electrons. The second-order valence-corrected chi connectivity index (χ2v) is 5.39. The van der Waals surface area contributed by atoms with Crippen molar-refractivity contribution in [3.05, 3.63) is 11.6 Å². The summed E-state index contributed by atoms with van der Waals surface area (Å²) >= 11 is 0. The lowest BCUT2D eigenvalue weighted by atomic mass is 10.0. The van der Waals surface area contributed by atoms with Gasteiger partial charge in [0.15, 0.2) is 0 Å². The van der Waals surface area contributed by atoms with Crippen LogP contribution >= 0.6 is 0 Å². The molecule has 0 aromatic heterocycles. The summed E-state index contributed by atoms with van der Waals surface area (Å²) < 4.78 is 5.35. The highest BCUT2D eigenvalue weighted by Crippen LogP contribution is 2.15.